The lowest BCUT2D eigenvalue weighted by Gasteiger charge is -2.14. The Kier molecular flexibility index (Phi) is 7.99. The van der Waals surface area contributed by atoms with Crippen molar-refractivity contribution in [1.29, 1.82) is 0 Å². The number of ketones is 1. The van der Waals surface area contributed by atoms with Crippen LogP contribution in [0.5, 0.6) is 23.0 Å². The minimum Gasteiger partial charge on any atom is -0.494 e. The molecule has 0 heterocycles. The van der Waals surface area contributed by atoms with Gasteiger partial charge < -0.3 is 24.3 Å². The molecule has 0 aliphatic rings. The number of methoxy groups -OCH3 is 4. The lowest BCUT2D eigenvalue weighted by molar-refractivity contribution is -0.126. The zero-order valence-electron chi connectivity index (χ0n) is 17.2. The molecule has 9 nitrogen and oxygen atoms in total. The summed E-state index contributed by atoms with van der Waals surface area (Å²) in [4.78, 5) is 24.8. The van der Waals surface area contributed by atoms with Crippen molar-refractivity contribution >= 4 is 34.7 Å². The van der Waals surface area contributed by atoms with Gasteiger partial charge in [-0.25, -0.2) is 0 Å². The predicted octanol–water partition coefficient (Wildman–Crippen LogP) is 4.05. The van der Waals surface area contributed by atoms with Gasteiger partial charge >= 0.3 is 0 Å². The van der Waals surface area contributed by atoms with Gasteiger partial charge in [0.25, 0.3) is 5.91 Å². The van der Waals surface area contributed by atoms with E-state index in [-0.39, 0.29) is 16.4 Å². The van der Waals surface area contributed by atoms with Gasteiger partial charge in [0.2, 0.25) is 6.04 Å². The number of azo groups is 1. The van der Waals surface area contributed by atoms with E-state index in [2.05, 4.69) is 15.5 Å². The summed E-state index contributed by atoms with van der Waals surface area (Å²) in [7, 11) is 5.83. The van der Waals surface area contributed by atoms with Crippen molar-refractivity contribution in [3.8, 4) is 23.0 Å². The molecule has 1 N–H and O–H groups in total. The monoisotopic (exact) mass is 435 g/mol. The summed E-state index contributed by atoms with van der Waals surface area (Å²) < 4.78 is 20.8. The van der Waals surface area contributed by atoms with E-state index < -0.39 is 17.7 Å². The van der Waals surface area contributed by atoms with Gasteiger partial charge in [-0.1, -0.05) is 17.7 Å². The fourth-order valence-electron chi connectivity index (χ4n) is 2.52. The number of hydrogen-bond acceptors (Lipinski definition) is 8. The molecular formula is C20H22ClN3O6. The summed E-state index contributed by atoms with van der Waals surface area (Å²) in [5.41, 5.74) is 0.487. The Hall–Kier alpha value is -3.33. The van der Waals surface area contributed by atoms with Crippen molar-refractivity contribution in [3.63, 3.8) is 0 Å². The van der Waals surface area contributed by atoms with Crippen LogP contribution in [-0.4, -0.2) is 46.2 Å². The Morgan fingerprint density at radius 3 is 1.97 bits per heavy atom. The van der Waals surface area contributed by atoms with Crippen LogP contribution in [0, 0.1) is 0 Å². The summed E-state index contributed by atoms with van der Waals surface area (Å²) >= 11 is 6.20. The van der Waals surface area contributed by atoms with E-state index in [1.54, 1.807) is 18.2 Å². The molecule has 0 fully saturated rings. The van der Waals surface area contributed by atoms with Crippen molar-refractivity contribution < 1.29 is 28.5 Å². The number of rotatable bonds is 9. The Morgan fingerprint density at radius 2 is 1.47 bits per heavy atom. The number of amides is 1. The number of anilines is 1. The van der Waals surface area contributed by atoms with Crippen molar-refractivity contribution in [3.05, 3.63) is 35.4 Å². The maximum atomic E-state index is 12.7. The molecule has 0 spiro atoms. The summed E-state index contributed by atoms with van der Waals surface area (Å²) in [6.45, 7) is 1.24. The summed E-state index contributed by atoms with van der Waals surface area (Å²) in [6.07, 6.45) is 0. The smallest absolute Gasteiger partial charge is 0.258 e. The van der Waals surface area contributed by atoms with Crippen molar-refractivity contribution in [1.82, 2.24) is 0 Å². The normalized spacial score (nSPS) is 11.7. The van der Waals surface area contributed by atoms with Crippen LogP contribution >= 0.6 is 11.6 Å². The first-order chi connectivity index (χ1) is 14.4. The number of ether oxygens (including phenoxy) is 4. The second kappa shape index (κ2) is 10.4. The Balaban J connectivity index is 2.33. The molecule has 30 heavy (non-hydrogen) atoms. The number of nitrogens with zero attached hydrogens (tertiary/aromatic N) is 2. The Bertz CT molecular complexity index is 942. The van der Waals surface area contributed by atoms with Gasteiger partial charge in [0.15, 0.2) is 23.0 Å². The van der Waals surface area contributed by atoms with Crippen molar-refractivity contribution in [2.45, 2.75) is 13.0 Å². The van der Waals surface area contributed by atoms with Crippen LogP contribution in [0.2, 0.25) is 5.02 Å². The second-order valence-electron chi connectivity index (χ2n) is 5.92. The zero-order chi connectivity index (χ0) is 22.3. The quantitative estimate of drug-likeness (QED) is 0.470. The molecule has 0 aliphatic carbocycles. The lowest BCUT2D eigenvalue weighted by Crippen LogP contribution is -2.32. The minimum absolute atomic E-state index is 0.201. The number of nitrogens with one attached hydrogen (secondary N) is 1. The minimum atomic E-state index is -1.41. The molecule has 0 bridgehead atoms. The van der Waals surface area contributed by atoms with Gasteiger partial charge in [-0.15, -0.1) is 5.11 Å². The third-order valence-electron chi connectivity index (χ3n) is 4.04. The van der Waals surface area contributed by atoms with Gasteiger partial charge in [-0.3, -0.25) is 9.59 Å². The van der Waals surface area contributed by atoms with E-state index in [9.17, 15) is 9.59 Å². The van der Waals surface area contributed by atoms with Crippen LogP contribution in [0.25, 0.3) is 0 Å². The van der Waals surface area contributed by atoms with Gasteiger partial charge in [0, 0.05) is 12.1 Å². The molecule has 2 rings (SSSR count). The van der Waals surface area contributed by atoms with Crippen LogP contribution in [0.3, 0.4) is 0 Å². The maximum Gasteiger partial charge on any atom is 0.258 e. The lowest BCUT2D eigenvalue weighted by atomic mass is 10.2. The second-order valence-corrected chi connectivity index (χ2v) is 6.32. The van der Waals surface area contributed by atoms with Gasteiger partial charge in [0.05, 0.1) is 39.1 Å². The number of carbonyl (C=O) groups excluding carboxylic acids is 2. The number of halogens is 1. The number of Topliss-reactive ketones (excluding diaryl/α,β-unsaturated/α-hetero) is 1. The van der Waals surface area contributed by atoms with Crippen LogP contribution in [0.4, 0.5) is 11.4 Å². The summed E-state index contributed by atoms with van der Waals surface area (Å²) in [5.74, 6) is 0.284. The van der Waals surface area contributed by atoms with E-state index in [0.29, 0.717) is 23.0 Å². The first-order valence-electron chi connectivity index (χ1n) is 8.70. The average Bonchev–Trinajstić information content (AvgIpc) is 2.74. The highest BCUT2D eigenvalue weighted by Crippen LogP contribution is 2.38. The molecule has 1 amide bonds. The molecule has 160 valence electrons. The molecule has 2 aromatic carbocycles. The van der Waals surface area contributed by atoms with E-state index in [1.807, 2.05) is 0 Å². The number of carbonyl (C=O) groups is 2. The molecule has 0 saturated heterocycles. The SMILES string of the molecule is COc1cc(Cl)c(NC(=O)C(N=Nc2c(OC)cccc2OC)C(C)=O)cc1OC. The molecule has 0 aromatic heterocycles. The molecule has 0 aliphatic heterocycles. The van der Waals surface area contributed by atoms with Crippen molar-refractivity contribution in [2.75, 3.05) is 33.8 Å². The summed E-state index contributed by atoms with van der Waals surface area (Å²) in [6, 6.07) is 6.58. The fourth-order valence-corrected chi connectivity index (χ4v) is 2.72. The number of hydrogen-bond donors (Lipinski definition) is 1. The molecule has 1 atom stereocenters. The van der Waals surface area contributed by atoms with Gasteiger partial charge in [-0.05, 0) is 19.1 Å². The highest BCUT2D eigenvalue weighted by Gasteiger charge is 2.25. The van der Waals surface area contributed by atoms with E-state index in [0.717, 1.165) is 0 Å². The maximum absolute atomic E-state index is 12.7. The van der Waals surface area contributed by atoms with Crippen molar-refractivity contribution in [2.24, 2.45) is 10.2 Å². The molecule has 0 saturated carbocycles. The molecule has 1 unspecified atom stereocenters. The fraction of sp³-hybridized carbons (Fsp3) is 0.300. The molecular weight excluding hydrogens is 414 g/mol. The highest BCUT2D eigenvalue weighted by molar-refractivity contribution is 6.34. The van der Waals surface area contributed by atoms with E-state index in [1.165, 1.54) is 47.5 Å². The summed E-state index contributed by atoms with van der Waals surface area (Å²) in [5, 5.41) is 10.7. The Labute approximate surface area is 178 Å². The van der Waals surface area contributed by atoms with Gasteiger partial charge in [0.1, 0.15) is 11.5 Å². The van der Waals surface area contributed by atoms with Crippen LogP contribution < -0.4 is 24.3 Å². The highest BCUT2D eigenvalue weighted by atomic mass is 35.5. The van der Waals surface area contributed by atoms with Crippen LogP contribution in [0.15, 0.2) is 40.6 Å². The van der Waals surface area contributed by atoms with E-state index >= 15 is 0 Å². The average molecular weight is 436 g/mol. The van der Waals surface area contributed by atoms with E-state index in [4.69, 9.17) is 30.5 Å². The Morgan fingerprint density at radius 1 is 0.933 bits per heavy atom. The largest absolute Gasteiger partial charge is 0.494 e. The van der Waals surface area contributed by atoms with Crippen LogP contribution in [0.1, 0.15) is 6.92 Å². The number of benzene rings is 2. The first-order valence-corrected chi connectivity index (χ1v) is 9.08. The van der Waals surface area contributed by atoms with Crippen LogP contribution in [-0.2, 0) is 9.59 Å². The third-order valence-corrected chi connectivity index (χ3v) is 4.35. The zero-order valence-corrected chi connectivity index (χ0v) is 17.9. The topological polar surface area (TPSA) is 108 Å². The third kappa shape index (κ3) is 5.18. The van der Waals surface area contributed by atoms with Gasteiger partial charge in [-0.2, -0.15) is 5.11 Å². The molecule has 10 heteroatoms. The predicted molar refractivity (Wildman–Crippen MR) is 112 cm³/mol. The standard InChI is InChI=1S/C20H22ClN3O6/c1-11(25)18(23-24-19-14(27-2)7-6-8-15(19)28-3)20(26)22-13-10-17(30-5)16(29-4)9-12(13)21/h6-10,18H,1-5H3,(H,22,26). The molecule has 0 radical (unpaired) electrons. The molecule has 2 aromatic rings. The first kappa shape index (κ1) is 23.0.